The number of para-hydroxylation sites is 1. The molecule has 0 saturated heterocycles. The summed E-state index contributed by atoms with van der Waals surface area (Å²) in [5, 5.41) is 7.58. The highest BCUT2D eigenvalue weighted by molar-refractivity contribution is 5.82. The van der Waals surface area contributed by atoms with Crippen LogP contribution < -0.4 is 4.74 Å². The van der Waals surface area contributed by atoms with E-state index in [1.54, 1.807) is 0 Å². The molecule has 0 aromatic heterocycles. The van der Waals surface area contributed by atoms with Crippen molar-refractivity contribution in [1.82, 2.24) is 0 Å². The predicted molar refractivity (Wildman–Crippen MR) is 100 cm³/mol. The molecule has 2 rings (SSSR count). The third kappa shape index (κ3) is 5.55. The number of ether oxygens (including phenoxy) is 1. The first-order valence-electron chi connectivity index (χ1n) is 8.33. The Balaban J connectivity index is 0.00000127. The zero-order chi connectivity index (χ0) is 17.3. The largest absolute Gasteiger partial charge is 0.492 e. The Kier molecular flexibility index (Phi) is 7.53. The second kappa shape index (κ2) is 9.14. The second-order valence-corrected chi connectivity index (χ2v) is 6.20. The molecule has 0 aliphatic carbocycles. The topological polar surface area (TPSA) is 33.1 Å². The Morgan fingerprint density at radius 3 is 2.17 bits per heavy atom. The highest BCUT2D eigenvalue weighted by Gasteiger charge is 2.20. The number of rotatable bonds is 5. The Morgan fingerprint density at radius 2 is 1.61 bits per heavy atom. The van der Waals surface area contributed by atoms with Gasteiger partial charge in [-0.15, -0.1) is 0 Å². The molecule has 0 amide bonds. The Bertz CT molecular complexity index is 597. The standard InChI is InChI=1S/C19H23NO.C2H6/c1-19(2,3)17-11-7-10-16(14-20)18(17)21-13-12-15-8-5-4-6-9-15;1-2/h4-11,14,20H,12-13H2,1-3H3;1-2H3. The lowest BCUT2D eigenvalue weighted by atomic mass is 9.85. The normalized spacial score (nSPS) is 10.5. The van der Waals surface area contributed by atoms with Gasteiger partial charge in [0.05, 0.1) is 6.61 Å². The fourth-order valence-corrected chi connectivity index (χ4v) is 2.34. The molecule has 2 aromatic rings. The van der Waals surface area contributed by atoms with Gasteiger partial charge in [0.15, 0.2) is 0 Å². The van der Waals surface area contributed by atoms with Gasteiger partial charge in [0.1, 0.15) is 5.75 Å². The molecule has 0 bridgehead atoms. The minimum Gasteiger partial charge on any atom is -0.492 e. The van der Waals surface area contributed by atoms with Gasteiger partial charge >= 0.3 is 0 Å². The second-order valence-electron chi connectivity index (χ2n) is 6.20. The molecule has 2 aromatic carbocycles. The van der Waals surface area contributed by atoms with Gasteiger partial charge in [-0.05, 0) is 17.0 Å². The van der Waals surface area contributed by atoms with Crippen LogP contribution in [0.15, 0.2) is 48.5 Å². The van der Waals surface area contributed by atoms with Crippen molar-refractivity contribution in [2.24, 2.45) is 0 Å². The Hall–Kier alpha value is -2.09. The van der Waals surface area contributed by atoms with E-state index in [9.17, 15) is 0 Å². The van der Waals surface area contributed by atoms with Gasteiger partial charge < -0.3 is 10.1 Å². The average Bonchev–Trinajstić information content (AvgIpc) is 2.57. The van der Waals surface area contributed by atoms with E-state index >= 15 is 0 Å². The van der Waals surface area contributed by atoms with Crippen LogP contribution in [0, 0.1) is 5.41 Å². The van der Waals surface area contributed by atoms with E-state index in [1.807, 2.05) is 44.2 Å². The highest BCUT2D eigenvalue weighted by Crippen LogP contribution is 2.33. The minimum atomic E-state index is 0.00109. The van der Waals surface area contributed by atoms with E-state index < -0.39 is 0 Å². The number of nitrogens with one attached hydrogen (secondary N) is 1. The van der Waals surface area contributed by atoms with Gasteiger partial charge in [-0.25, -0.2) is 0 Å². The van der Waals surface area contributed by atoms with E-state index in [2.05, 4.69) is 39.0 Å². The smallest absolute Gasteiger partial charge is 0.131 e. The monoisotopic (exact) mass is 311 g/mol. The minimum absolute atomic E-state index is 0.00109. The summed E-state index contributed by atoms with van der Waals surface area (Å²) in [6.07, 6.45) is 2.24. The fourth-order valence-electron chi connectivity index (χ4n) is 2.34. The number of benzene rings is 2. The van der Waals surface area contributed by atoms with Crippen LogP contribution in [0.3, 0.4) is 0 Å². The van der Waals surface area contributed by atoms with E-state index in [0.29, 0.717) is 6.61 Å². The summed E-state index contributed by atoms with van der Waals surface area (Å²) in [5.74, 6) is 0.843. The SMILES string of the molecule is CC.CC(C)(C)c1cccc(C=N)c1OCCc1ccccc1. The van der Waals surface area contributed by atoms with E-state index in [1.165, 1.54) is 11.8 Å². The zero-order valence-corrected chi connectivity index (χ0v) is 15.0. The number of hydrogen-bond acceptors (Lipinski definition) is 2. The summed E-state index contributed by atoms with van der Waals surface area (Å²) < 4.78 is 6.04. The predicted octanol–water partition coefficient (Wildman–Crippen LogP) is 5.63. The molecule has 0 unspecified atom stereocenters. The summed E-state index contributed by atoms with van der Waals surface area (Å²) in [4.78, 5) is 0. The third-order valence-electron chi connectivity index (χ3n) is 3.49. The molecule has 0 fully saturated rings. The van der Waals surface area contributed by atoms with Crippen molar-refractivity contribution >= 4 is 6.21 Å². The van der Waals surface area contributed by atoms with Crippen LogP contribution in [-0.4, -0.2) is 12.8 Å². The van der Waals surface area contributed by atoms with Crippen LogP contribution in [0.2, 0.25) is 0 Å². The lowest BCUT2D eigenvalue weighted by Gasteiger charge is -2.24. The molecule has 23 heavy (non-hydrogen) atoms. The first kappa shape index (κ1) is 19.0. The van der Waals surface area contributed by atoms with Crippen molar-refractivity contribution in [1.29, 1.82) is 5.41 Å². The van der Waals surface area contributed by atoms with E-state index in [0.717, 1.165) is 23.3 Å². The molecule has 0 radical (unpaired) electrons. The summed E-state index contributed by atoms with van der Waals surface area (Å²) in [6.45, 7) is 11.1. The Labute approximate surface area is 141 Å². The van der Waals surface area contributed by atoms with Crippen LogP contribution >= 0.6 is 0 Å². The maximum Gasteiger partial charge on any atom is 0.131 e. The summed E-state index contributed by atoms with van der Waals surface area (Å²) in [6, 6.07) is 16.3. The van der Waals surface area contributed by atoms with E-state index in [4.69, 9.17) is 10.1 Å². The van der Waals surface area contributed by atoms with Crippen molar-refractivity contribution in [3.8, 4) is 5.75 Å². The van der Waals surface area contributed by atoms with Crippen molar-refractivity contribution in [2.45, 2.75) is 46.5 Å². The first-order valence-corrected chi connectivity index (χ1v) is 8.33. The summed E-state index contributed by atoms with van der Waals surface area (Å²) in [5.41, 5.74) is 3.26. The molecule has 124 valence electrons. The van der Waals surface area contributed by atoms with Gasteiger partial charge in [0, 0.05) is 23.8 Å². The maximum atomic E-state index is 7.58. The van der Waals surface area contributed by atoms with E-state index in [-0.39, 0.29) is 5.41 Å². The van der Waals surface area contributed by atoms with Gasteiger partial charge in [-0.3, -0.25) is 0 Å². The van der Waals surface area contributed by atoms with Crippen LogP contribution in [0.5, 0.6) is 5.75 Å². The first-order chi connectivity index (χ1) is 11.0. The van der Waals surface area contributed by atoms with Crippen molar-refractivity contribution in [3.05, 3.63) is 65.2 Å². The van der Waals surface area contributed by atoms with Gasteiger partial charge in [-0.2, -0.15) is 0 Å². The number of hydrogen-bond donors (Lipinski definition) is 1. The quantitative estimate of drug-likeness (QED) is 0.713. The molecule has 2 nitrogen and oxygen atoms in total. The summed E-state index contributed by atoms with van der Waals surface area (Å²) in [7, 11) is 0. The molecular formula is C21H29NO. The molecule has 0 heterocycles. The van der Waals surface area contributed by atoms with Crippen LogP contribution in [0.25, 0.3) is 0 Å². The van der Waals surface area contributed by atoms with Crippen molar-refractivity contribution in [3.63, 3.8) is 0 Å². The van der Waals surface area contributed by atoms with Crippen LogP contribution in [0.4, 0.5) is 0 Å². The van der Waals surface area contributed by atoms with Crippen LogP contribution in [0.1, 0.15) is 51.3 Å². The molecule has 0 saturated carbocycles. The van der Waals surface area contributed by atoms with Crippen molar-refractivity contribution < 1.29 is 4.74 Å². The summed E-state index contributed by atoms with van der Waals surface area (Å²) >= 11 is 0. The lowest BCUT2D eigenvalue weighted by molar-refractivity contribution is 0.312. The third-order valence-corrected chi connectivity index (χ3v) is 3.49. The average molecular weight is 311 g/mol. The lowest BCUT2D eigenvalue weighted by Crippen LogP contribution is -2.15. The van der Waals surface area contributed by atoms with Gasteiger partial charge in [0.25, 0.3) is 0 Å². The maximum absolute atomic E-state index is 7.58. The molecule has 0 aliphatic heterocycles. The van der Waals surface area contributed by atoms with Crippen LogP contribution in [-0.2, 0) is 11.8 Å². The molecule has 0 aliphatic rings. The van der Waals surface area contributed by atoms with Gasteiger partial charge in [0.2, 0.25) is 0 Å². The molecule has 1 N–H and O–H groups in total. The molecule has 0 spiro atoms. The Morgan fingerprint density at radius 1 is 0.957 bits per heavy atom. The molecular weight excluding hydrogens is 282 g/mol. The molecule has 0 atom stereocenters. The van der Waals surface area contributed by atoms with Crippen molar-refractivity contribution in [2.75, 3.05) is 6.61 Å². The zero-order valence-electron chi connectivity index (χ0n) is 15.0. The molecule has 2 heteroatoms. The fraction of sp³-hybridized carbons (Fsp3) is 0.381. The van der Waals surface area contributed by atoms with Gasteiger partial charge in [-0.1, -0.05) is 77.1 Å². The highest BCUT2D eigenvalue weighted by atomic mass is 16.5.